The van der Waals surface area contributed by atoms with E-state index in [0.29, 0.717) is 0 Å². The summed E-state index contributed by atoms with van der Waals surface area (Å²) in [6.07, 6.45) is 6.86. The minimum absolute atomic E-state index is 0.00290. The molecule has 9 aromatic carbocycles. The third-order valence-corrected chi connectivity index (χ3v) is 20.3. The summed E-state index contributed by atoms with van der Waals surface area (Å²) in [5.41, 5.74) is 22.4. The predicted octanol–water partition coefficient (Wildman–Crippen LogP) is 21.8. The Hall–Kier alpha value is -7.99. The lowest BCUT2D eigenvalue weighted by molar-refractivity contribution is 0.479. The van der Waals surface area contributed by atoms with Crippen molar-refractivity contribution in [1.82, 2.24) is 9.13 Å². The summed E-state index contributed by atoms with van der Waals surface area (Å²) in [6.45, 7) is 28.3. The first kappa shape index (κ1) is 51.2. The molecular weight excluding hydrogens is 1000 g/mol. The Morgan fingerprint density at radius 3 is 1.19 bits per heavy atom. The lowest BCUT2D eigenvalue weighted by Crippen LogP contribution is -2.28. The molecule has 2 aliphatic heterocycles. The van der Waals surface area contributed by atoms with Gasteiger partial charge in [-0.05, 0) is 148 Å². The van der Waals surface area contributed by atoms with Crippen molar-refractivity contribution in [2.45, 2.75) is 127 Å². The van der Waals surface area contributed by atoms with E-state index >= 15 is 0 Å². The van der Waals surface area contributed by atoms with Crippen LogP contribution in [0.25, 0.3) is 66.1 Å². The molecule has 14 rings (SSSR count). The van der Waals surface area contributed by atoms with Crippen LogP contribution in [0.2, 0.25) is 0 Å². The smallest absolute Gasteiger partial charge is 0.0614 e. The molecule has 0 amide bonds. The van der Waals surface area contributed by atoms with Gasteiger partial charge < -0.3 is 18.9 Å². The topological polar surface area (TPSA) is 16.3 Å². The fraction of sp³-hybridized carbons (Fsp3) is 0.237. The maximum absolute atomic E-state index is 2.71. The number of nitrogens with zero attached hydrogens (tertiary/aromatic N) is 4. The van der Waals surface area contributed by atoms with Crippen LogP contribution in [0, 0.1) is 5.41 Å². The third-order valence-electron chi connectivity index (χ3n) is 17.7. The molecule has 0 fully saturated rings. The van der Waals surface area contributed by atoms with Crippen LogP contribution < -0.4 is 9.80 Å². The van der Waals surface area contributed by atoms with Gasteiger partial charge in [-0.1, -0.05) is 198 Å². The third kappa shape index (κ3) is 8.16. The van der Waals surface area contributed by atoms with Crippen LogP contribution in [-0.4, -0.2) is 9.13 Å². The largest absolute Gasteiger partial charge is 0.312 e. The van der Waals surface area contributed by atoms with Gasteiger partial charge in [0.25, 0.3) is 0 Å². The van der Waals surface area contributed by atoms with Crippen molar-refractivity contribution in [3.63, 3.8) is 0 Å². The molecule has 2 aromatic heterocycles. The Morgan fingerprint density at radius 1 is 0.346 bits per heavy atom. The van der Waals surface area contributed by atoms with E-state index in [1.807, 2.05) is 0 Å². The number of hydrogen-bond acceptors (Lipinski definition) is 2. The lowest BCUT2D eigenvalue weighted by atomic mass is 9.81. The molecule has 0 spiro atoms. The van der Waals surface area contributed by atoms with Crippen molar-refractivity contribution < 1.29 is 0 Å². The van der Waals surface area contributed by atoms with Gasteiger partial charge in [0.1, 0.15) is 0 Å². The van der Waals surface area contributed by atoms with Gasteiger partial charge >= 0.3 is 0 Å². The van der Waals surface area contributed by atoms with Gasteiger partial charge in [0.2, 0.25) is 0 Å². The summed E-state index contributed by atoms with van der Waals surface area (Å²) in [4.78, 5) is 9.60. The molecule has 1 aliphatic carbocycles. The van der Waals surface area contributed by atoms with E-state index in [1.165, 1.54) is 120 Å². The molecule has 81 heavy (non-hydrogen) atoms. The normalized spacial score (nSPS) is 16.0. The molecule has 1 atom stereocenters. The second-order valence-corrected chi connectivity index (χ2v) is 29.2. The zero-order valence-corrected chi connectivity index (χ0v) is 50.1. The highest BCUT2D eigenvalue weighted by Gasteiger charge is 2.42. The van der Waals surface area contributed by atoms with Crippen molar-refractivity contribution in [1.29, 1.82) is 0 Å². The number of fused-ring (bicyclic) bond motifs is 10. The molecule has 1 unspecified atom stereocenters. The van der Waals surface area contributed by atoms with E-state index in [9.17, 15) is 0 Å². The molecule has 3 aliphatic rings. The predicted molar refractivity (Wildman–Crippen MR) is 349 cm³/mol. The van der Waals surface area contributed by atoms with Gasteiger partial charge in [0, 0.05) is 53.2 Å². The van der Waals surface area contributed by atoms with Gasteiger partial charge in [0.05, 0.1) is 56.2 Å². The van der Waals surface area contributed by atoms with Crippen LogP contribution in [0.15, 0.2) is 226 Å². The summed E-state index contributed by atoms with van der Waals surface area (Å²) in [5, 5.41) is 4.97. The van der Waals surface area contributed by atoms with Crippen LogP contribution in [0.5, 0.6) is 0 Å². The Balaban J connectivity index is 1.17. The van der Waals surface area contributed by atoms with Crippen LogP contribution in [0.4, 0.5) is 28.4 Å². The molecule has 0 saturated heterocycles. The zero-order valence-electron chi connectivity index (χ0n) is 49.2. The van der Waals surface area contributed by atoms with Crippen molar-refractivity contribution >= 4 is 82.9 Å². The SMILES string of the molecule is CC(C)(C)C1=CC=C(N2c3ccc(C(C)(C)C)cc3[SH]3c4cc(C(C)(C)C)ccc4N(c4ccc(C(C)(C)C)cc4)c4cc(-c5c(-n6c7ccccc7c7ccccc76)cccc5-n5c6ccccc6c6ccccc65)cc2c43)CC1. The number of aromatic nitrogens is 2. The summed E-state index contributed by atoms with van der Waals surface area (Å²) < 4.78 is 5.09. The molecule has 0 saturated carbocycles. The van der Waals surface area contributed by atoms with E-state index in [1.54, 1.807) is 0 Å². The fourth-order valence-corrected chi connectivity index (χ4v) is 16.2. The lowest BCUT2D eigenvalue weighted by Gasteiger charge is -2.48. The van der Waals surface area contributed by atoms with Crippen LogP contribution in [0.1, 0.15) is 113 Å². The maximum atomic E-state index is 2.71. The van der Waals surface area contributed by atoms with Crippen LogP contribution >= 0.6 is 10.9 Å². The molecule has 4 heterocycles. The Bertz CT molecular complexity index is 4210. The van der Waals surface area contributed by atoms with Crippen molar-refractivity contribution in [3.8, 4) is 22.5 Å². The standard InChI is InChI=1S/C76H74N4S/c1-73(2,3)49-32-38-53(39-33-49)77-63-42-36-51(75(7,8)9)46-69(63)81-70-47-52(76(10,11)12)37-43-64(70)78(54-40-34-50(35-41-54)74(4,5)6)68-45-48(44-67(77)72(68)81)71-65(79-59-26-17-13-22-55(59)56-23-14-18-27-60(56)79)30-21-31-66(71)80-61-28-19-15-24-57(61)58-25-16-20-29-62(58)80/h13-34,36-40,42-47,81H,35,41H2,1-12H3. The maximum Gasteiger partial charge on any atom is 0.0614 e. The number of anilines is 5. The zero-order chi connectivity index (χ0) is 56.1. The van der Waals surface area contributed by atoms with E-state index in [2.05, 4.69) is 302 Å². The van der Waals surface area contributed by atoms with Gasteiger partial charge in [-0.25, -0.2) is 0 Å². The van der Waals surface area contributed by atoms with E-state index in [0.717, 1.165) is 29.9 Å². The molecule has 5 heteroatoms. The second-order valence-electron chi connectivity index (χ2n) is 27.1. The number of para-hydroxylation sites is 4. The molecule has 0 radical (unpaired) electrons. The molecular formula is C76H74N4S. The number of benzene rings is 9. The highest BCUT2D eigenvalue weighted by atomic mass is 32.2. The van der Waals surface area contributed by atoms with Crippen LogP contribution in [-0.2, 0) is 16.2 Å². The average Bonchev–Trinajstić information content (AvgIpc) is 4.13. The number of allylic oxidation sites excluding steroid dienone is 4. The summed E-state index contributed by atoms with van der Waals surface area (Å²) in [7, 11) is -1.09. The monoisotopic (exact) mass is 1070 g/mol. The molecule has 0 bridgehead atoms. The highest BCUT2D eigenvalue weighted by Crippen LogP contribution is 2.72. The van der Waals surface area contributed by atoms with E-state index < -0.39 is 10.9 Å². The van der Waals surface area contributed by atoms with Crippen molar-refractivity contribution in [3.05, 3.63) is 228 Å². The average molecular weight is 1080 g/mol. The Morgan fingerprint density at radius 2 is 0.765 bits per heavy atom. The molecule has 11 aromatic rings. The van der Waals surface area contributed by atoms with E-state index in [4.69, 9.17) is 0 Å². The molecule has 0 N–H and O–H groups in total. The van der Waals surface area contributed by atoms with E-state index in [-0.39, 0.29) is 21.7 Å². The van der Waals surface area contributed by atoms with Gasteiger partial charge in [-0.2, -0.15) is 10.9 Å². The van der Waals surface area contributed by atoms with Gasteiger partial charge in [0.15, 0.2) is 0 Å². The van der Waals surface area contributed by atoms with Gasteiger partial charge in [-0.3, -0.25) is 0 Å². The minimum Gasteiger partial charge on any atom is -0.312 e. The summed E-state index contributed by atoms with van der Waals surface area (Å²) in [6, 6.07) is 72.6. The second kappa shape index (κ2) is 18.3. The Kier molecular flexibility index (Phi) is 11.5. The van der Waals surface area contributed by atoms with Crippen molar-refractivity contribution in [2.75, 3.05) is 9.80 Å². The van der Waals surface area contributed by atoms with Crippen LogP contribution in [0.3, 0.4) is 0 Å². The molecule has 404 valence electrons. The quantitative estimate of drug-likeness (QED) is 0.173. The first-order valence-electron chi connectivity index (χ1n) is 29.2. The Labute approximate surface area is 482 Å². The summed E-state index contributed by atoms with van der Waals surface area (Å²) >= 11 is 0. The number of thiol groups is 1. The summed E-state index contributed by atoms with van der Waals surface area (Å²) in [5.74, 6) is 0. The first-order valence-corrected chi connectivity index (χ1v) is 30.6. The highest BCUT2D eigenvalue weighted by molar-refractivity contribution is 8.17. The van der Waals surface area contributed by atoms with Gasteiger partial charge in [-0.15, -0.1) is 0 Å². The number of rotatable bonds is 5. The fourth-order valence-electron chi connectivity index (χ4n) is 13.4. The minimum atomic E-state index is -1.09. The number of hydrogen-bond donors (Lipinski definition) is 1. The first-order chi connectivity index (χ1) is 38.7. The molecule has 4 nitrogen and oxygen atoms in total. The van der Waals surface area contributed by atoms with Crippen molar-refractivity contribution in [2.24, 2.45) is 5.41 Å².